The predicted molar refractivity (Wildman–Crippen MR) is 74.0 cm³/mol. The Labute approximate surface area is 106 Å². The maximum atomic E-state index is 12.0. The van der Waals surface area contributed by atoms with Crippen LogP contribution in [0.4, 0.5) is 11.5 Å². The van der Waals surface area contributed by atoms with E-state index in [0.29, 0.717) is 13.1 Å². The van der Waals surface area contributed by atoms with E-state index >= 15 is 0 Å². The molecule has 0 aliphatic carbocycles. The molecule has 0 radical (unpaired) electrons. The first kappa shape index (κ1) is 14.1. The van der Waals surface area contributed by atoms with Crippen LogP contribution in [0, 0.1) is 0 Å². The summed E-state index contributed by atoms with van der Waals surface area (Å²) in [5.74, 6) is 0.186. The molecule has 0 fully saturated rings. The van der Waals surface area contributed by atoms with Gasteiger partial charge in [0.05, 0.1) is 0 Å². The molecular formula is C12H20N4O2. The molecule has 0 unspecified atom stereocenters. The van der Waals surface area contributed by atoms with E-state index in [1.165, 1.54) is 11.6 Å². The summed E-state index contributed by atoms with van der Waals surface area (Å²) in [5.41, 5.74) is 6.22. The van der Waals surface area contributed by atoms with Crippen molar-refractivity contribution in [2.75, 3.05) is 17.6 Å². The molecule has 18 heavy (non-hydrogen) atoms. The van der Waals surface area contributed by atoms with Crippen LogP contribution in [0.25, 0.3) is 0 Å². The number of nitrogens with zero attached hydrogens (tertiary/aromatic N) is 2. The molecule has 0 spiro atoms. The lowest BCUT2D eigenvalue weighted by atomic mass is 10.3. The van der Waals surface area contributed by atoms with Gasteiger partial charge in [0.1, 0.15) is 11.5 Å². The lowest BCUT2D eigenvalue weighted by molar-refractivity contribution is 0.600. The van der Waals surface area contributed by atoms with Gasteiger partial charge in [0, 0.05) is 20.1 Å². The van der Waals surface area contributed by atoms with E-state index in [1.807, 2.05) is 13.8 Å². The Kier molecular flexibility index (Phi) is 4.36. The summed E-state index contributed by atoms with van der Waals surface area (Å²) >= 11 is 0. The quantitative estimate of drug-likeness (QED) is 0.749. The zero-order chi connectivity index (χ0) is 13.9. The fourth-order valence-electron chi connectivity index (χ4n) is 1.63. The number of nitrogen functional groups attached to an aromatic ring is 1. The Hall–Kier alpha value is -1.98. The average molecular weight is 252 g/mol. The van der Waals surface area contributed by atoms with Crippen LogP contribution in [-0.4, -0.2) is 15.7 Å². The van der Waals surface area contributed by atoms with Crippen LogP contribution in [0.2, 0.25) is 0 Å². The second-order valence-electron chi connectivity index (χ2n) is 4.37. The van der Waals surface area contributed by atoms with E-state index in [1.54, 1.807) is 0 Å². The van der Waals surface area contributed by atoms with E-state index in [4.69, 9.17) is 5.73 Å². The zero-order valence-electron chi connectivity index (χ0n) is 11.1. The van der Waals surface area contributed by atoms with Crippen LogP contribution in [-0.2, 0) is 13.6 Å². The molecule has 0 saturated heterocycles. The minimum Gasteiger partial charge on any atom is -0.383 e. The standard InChI is InChI=1S/C12H20N4O2/c1-5-6-16-10(13)9(14-7-8(2)3)11(17)15(4)12(16)18/h14H,2,5-7,13H2,1,3-4H3. The Balaban J connectivity index is 3.37. The van der Waals surface area contributed by atoms with Crippen molar-refractivity contribution in [1.29, 1.82) is 0 Å². The van der Waals surface area contributed by atoms with Crippen molar-refractivity contribution < 1.29 is 0 Å². The summed E-state index contributed by atoms with van der Waals surface area (Å²) in [4.78, 5) is 23.8. The van der Waals surface area contributed by atoms with Crippen LogP contribution < -0.4 is 22.3 Å². The van der Waals surface area contributed by atoms with Crippen molar-refractivity contribution >= 4 is 11.5 Å². The van der Waals surface area contributed by atoms with Gasteiger partial charge in [0.25, 0.3) is 5.56 Å². The van der Waals surface area contributed by atoms with Crippen molar-refractivity contribution in [3.05, 3.63) is 33.0 Å². The number of rotatable bonds is 5. The van der Waals surface area contributed by atoms with Crippen molar-refractivity contribution in [3.63, 3.8) is 0 Å². The molecule has 1 heterocycles. The third-order valence-electron chi connectivity index (χ3n) is 2.60. The monoisotopic (exact) mass is 252 g/mol. The van der Waals surface area contributed by atoms with Gasteiger partial charge in [-0.25, -0.2) is 4.79 Å². The topological polar surface area (TPSA) is 82.0 Å². The van der Waals surface area contributed by atoms with Crippen LogP contribution in [0.1, 0.15) is 20.3 Å². The maximum absolute atomic E-state index is 12.0. The summed E-state index contributed by atoms with van der Waals surface area (Å²) in [5, 5.41) is 2.93. The van der Waals surface area contributed by atoms with Crippen LogP contribution in [0.15, 0.2) is 21.7 Å². The summed E-state index contributed by atoms with van der Waals surface area (Å²) in [6, 6.07) is 0. The average Bonchev–Trinajstić information content (AvgIpc) is 2.31. The molecule has 100 valence electrons. The lowest BCUT2D eigenvalue weighted by Crippen LogP contribution is -2.40. The van der Waals surface area contributed by atoms with E-state index in [9.17, 15) is 9.59 Å². The fraction of sp³-hybridized carbons (Fsp3) is 0.500. The molecule has 3 N–H and O–H groups in total. The minimum atomic E-state index is -0.411. The molecule has 6 nitrogen and oxygen atoms in total. The summed E-state index contributed by atoms with van der Waals surface area (Å²) in [7, 11) is 1.45. The molecular weight excluding hydrogens is 232 g/mol. The first-order valence-corrected chi connectivity index (χ1v) is 5.87. The predicted octanol–water partition coefficient (Wildman–Crippen LogP) is 0.527. The number of aromatic nitrogens is 2. The molecule has 0 saturated carbocycles. The highest BCUT2D eigenvalue weighted by atomic mass is 16.2. The van der Waals surface area contributed by atoms with Gasteiger partial charge >= 0.3 is 5.69 Å². The van der Waals surface area contributed by atoms with Gasteiger partial charge in [-0.3, -0.25) is 13.9 Å². The molecule has 1 aromatic heterocycles. The third-order valence-corrected chi connectivity index (χ3v) is 2.60. The van der Waals surface area contributed by atoms with E-state index in [-0.39, 0.29) is 17.2 Å². The second kappa shape index (κ2) is 5.57. The molecule has 0 atom stereocenters. The second-order valence-corrected chi connectivity index (χ2v) is 4.37. The number of nitrogens with one attached hydrogen (secondary N) is 1. The maximum Gasteiger partial charge on any atom is 0.332 e. The molecule has 0 aromatic carbocycles. The largest absolute Gasteiger partial charge is 0.383 e. The van der Waals surface area contributed by atoms with Gasteiger partial charge in [-0.15, -0.1) is 0 Å². The van der Waals surface area contributed by atoms with Crippen molar-refractivity contribution in [2.45, 2.75) is 26.8 Å². The van der Waals surface area contributed by atoms with E-state index in [0.717, 1.165) is 16.6 Å². The van der Waals surface area contributed by atoms with Gasteiger partial charge in [-0.2, -0.15) is 0 Å². The van der Waals surface area contributed by atoms with Gasteiger partial charge in [0.15, 0.2) is 0 Å². The first-order valence-electron chi connectivity index (χ1n) is 5.87. The van der Waals surface area contributed by atoms with Crippen LogP contribution in [0.3, 0.4) is 0 Å². The normalized spacial score (nSPS) is 10.4. The Bertz CT molecular complexity index is 569. The minimum absolute atomic E-state index is 0.186. The van der Waals surface area contributed by atoms with Gasteiger partial charge < -0.3 is 11.1 Å². The first-order chi connectivity index (χ1) is 8.40. The third kappa shape index (κ3) is 2.64. The van der Waals surface area contributed by atoms with Crippen molar-refractivity contribution in [1.82, 2.24) is 9.13 Å². The Morgan fingerprint density at radius 3 is 2.56 bits per heavy atom. The smallest absolute Gasteiger partial charge is 0.332 e. The Morgan fingerprint density at radius 2 is 2.06 bits per heavy atom. The zero-order valence-corrected chi connectivity index (χ0v) is 11.1. The SMILES string of the molecule is C=C(C)CNc1c(N)n(CCC)c(=O)n(C)c1=O. The number of nitrogens with two attached hydrogens (primary N) is 1. The number of hydrogen-bond acceptors (Lipinski definition) is 4. The summed E-state index contributed by atoms with van der Waals surface area (Å²) < 4.78 is 2.47. The summed E-state index contributed by atoms with van der Waals surface area (Å²) in [6.07, 6.45) is 0.766. The molecule has 6 heteroatoms. The highest BCUT2D eigenvalue weighted by Crippen LogP contribution is 2.11. The number of hydrogen-bond donors (Lipinski definition) is 2. The number of anilines is 2. The van der Waals surface area contributed by atoms with E-state index < -0.39 is 5.56 Å². The fourth-order valence-corrected chi connectivity index (χ4v) is 1.63. The molecule has 0 amide bonds. The van der Waals surface area contributed by atoms with Crippen LogP contribution >= 0.6 is 0 Å². The highest BCUT2D eigenvalue weighted by molar-refractivity contribution is 5.61. The van der Waals surface area contributed by atoms with Crippen molar-refractivity contribution in [2.24, 2.45) is 7.05 Å². The van der Waals surface area contributed by atoms with Crippen molar-refractivity contribution in [3.8, 4) is 0 Å². The van der Waals surface area contributed by atoms with E-state index in [2.05, 4.69) is 11.9 Å². The highest BCUT2D eigenvalue weighted by Gasteiger charge is 2.14. The molecule has 0 bridgehead atoms. The molecule has 1 aromatic rings. The van der Waals surface area contributed by atoms with Crippen LogP contribution in [0.5, 0.6) is 0 Å². The summed E-state index contributed by atoms with van der Waals surface area (Å²) in [6.45, 7) is 8.47. The molecule has 0 aliphatic heterocycles. The molecule has 1 rings (SSSR count). The van der Waals surface area contributed by atoms with Gasteiger partial charge in [-0.1, -0.05) is 19.1 Å². The van der Waals surface area contributed by atoms with Gasteiger partial charge in [-0.05, 0) is 13.3 Å². The Morgan fingerprint density at radius 1 is 1.44 bits per heavy atom. The van der Waals surface area contributed by atoms with Gasteiger partial charge in [0.2, 0.25) is 0 Å². The molecule has 0 aliphatic rings. The lowest BCUT2D eigenvalue weighted by Gasteiger charge is -2.15.